The van der Waals surface area contributed by atoms with E-state index in [1.807, 2.05) is 36.2 Å². The molecule has 0 radical (unpaired) electrons. The van der Waals surface area contributed by atoms with Crippen LogP contribution in [0.3, 0.4) is 0 Å². The average Bonchev–Trinajstić information content (AvgIpc) is 2.46. The van der Waals surface area contributed by atoms with Crippen molar-refractivity contribution < 1.29 is 4.79 Å². The molecule has 0 aromatic heterocycles. The lowest BCUT2D eigenvalue weighted by Crippen LogP contribution is -2.49. The van der Waals surface area contributed by atoms with Crippen molar-refractivity contribution in [1.29, 1.82) is 0 Å². The maximum absolute atomic E-state index is 12.8. The fourth-order valence-corrected chi connectivity index (χ4v) is 4.50. The second-order valence-electron chi connectivity index (χ2n) is 7.02. The van der Waals surface area contributed by atoms with Crippen LogP contribution >= 0.6 is 11.6 Å². The maximum Gasteiger partial charge on any atom is 0.225 e. The average molecular weight is 321 g/mol. The van der Waals surface area contributed by atoms with Crippen LogP contribution < -0.4 is 5.73 Å². The number of fused-ring (bicyclic) bond motifs is 2. The van der Waals surface area contributed by atoms with Crippen molar-refractivity contribution in [3.8, 4) is 0 Å². The second-order valence-corrected chi connectivity index (χ2v) is 7.46. The molecule has 0 spiro atoms. The Labute approximate surface area is 137 Å². The van der Waals surface area contributed by atoms with E-state index >= 15 is 0 Å². The summed E-state index contributed by atoms with van der Waals surface area (Å²) in [5, 5.41) is 0.719. The van der Waals surface area contributed by atoms with Crippen molar-refractivity contribution in [2.24, 2.45) is 23.5 Å². The minimum absolute atomic E-state index is 0.152. The molecule has 1 aromatic carbocycles. The number of hydrogen-bond donors (Lipinski definition) is 1. The molecule has 22 heavy (non-hydrogen) atoms. The Morgan fingerprint density at radius 3 is 2.64 bits per heavy atom. The highest BCUT2D eigenvalue weighted by molar-refractivity contribution is 6.30. The number of amides is 1. The van der Waals surface area contributed by atoms with Crippen molar-refractivity contribution in [2.75, 3.05) is 7.05 Å². The van der Waals surface area contributed by atoms with Gasteiger partial charge in [-0.25, -0.2) is 0 Å². The molecule has 120 valence electrons. The van der Waals surface area contributed by atoms with E-state index in [1.165, 1.54) is 19.3 Å². The summed E-state index contributed by atoms with van der Waals surface area (Å²) in [6, 6.07) is 8.05. The van der Waals surface area contributed by atoms with Crippen molar-refractivity contribution in [1.82, 2.24) is 4.90 Å². The maximum atomic E-state index is 12.8. The molecule has 0 saturated heterocycles. The minimum Gasteiger partial charge on any atom is -0.341 e. The number of hydrogen-bond acceptors (Lipinski definition) is 2. The lowest BCUT2D eigenvalue weighted by Gasteiger charge is -2.44. The van der Waals surface area contributed by atoms with Crippen molar-refractivity contribution in [2.45, 2.75) is 44.7 Å². The van der Waals surface area contributed by atoms with Crippen LogP contribution in [0.4, 0.5) is 0 Å². The van der Waals surface area contributed by atoms with Crippen LogP contribution in [0.25, 0.3) is 0 Å². The third kappa shape index (κ3) is 3.31. The molecule has 3 nitrogen and oxygen atoms in total. The lowest BCUT2D eigenvalue weighted by atomic mass is 9.65. The van der Waals surface area contributed by atoms with E-state index in [0.29, 0.717) is 24.4 Å². The summed E-state index contributed by atoms with van der Waals surface area (Å²) >= 11 is 6.02. The Morgan fingerprint density at radius 1 is 1.32 bits per heavy atom. The Morgan fingerprint density at radius 2 is 2.00 bits per heavy atom. The molecular weight excluding hydrogens is 296 g/mol. The first kappa shape index (κ1) is 15.8. The molecule has 2 aliphatic rings. The molecule has 3 rings (SSSR count). The van der Waals surface area contributed by atoms with Crippen molar-refractivity contribution in [3.63, 3.8) is 0 Å². The van der Waals surface area contributed by atoms with E-state index in [0.717, 1.165) is 23.4 Å². The van der Waals surface area contributed by atoms with Gasteiger partial charge in [0.05, 0.1) is 0 Å². The Bertz CT molecular complexity index is 534. The summed E-state index contributed by atoms with van der Waals surface area (Å²) in [5.74, 6) is 1.50. The normalized spacial score (nSPS) is 30.9. The predicted octanol–water partition coefficient (Wildman–Crippen LogP) is 3.45. The topological polar surface area (TPSA) is 46.3 Å². The fourth-order valence-electron chi connectivity index (χ4n) is 4.29. The Hall–Kier alpha value is -1.06. The highest BCUT2D eigenvalue weighted by atomic mass is 35.5. The van der Waals surface area contributed by atoms with E-state index in [9.17, 15) is 4.79 Å². The zero-order chi connectivity index (χ0) is 15.7. The number of rotatable bonds is 3. The number of halogens is 1. The third-order valence-electron chi connectivity index (χ3n) is 5.45. The van der Waals surface area contributed by atoms with Gasteiger partial charge in [-0.2, -0.15) is 0 Å². The predicted molar refractivity (Wildman–Crippen MR) is 89.5 cm³/mol. The highest BCUT2D eigenvalue weighted by Gasteiger charge is 2.41. The van der Waals surface area contributed by atoms with Crippen LogP contribution in [0.2, 0.25) is 5.02 Å². The van der Waals surface area contributed by atoms with E-state index in [-0.39, 0.29) is 11.8 Å². The first-order valence-corrected chi connectivity index (χ1v) is 8.67. The van der Waals surface area contributed by atoms with E-state index in [1.54, 1.807) is 0 Å². The molecule has 2 bridgehead atoms. The van der Waals surface area contributed by atoms with Gasteiger partial charge in [-0.05, 0) is 55.2 Å². The van der Waals surface area contributed by atoms with E-state index in [4.69, 9.17) is 17.3 Å². The van der Waals surface area contributed by atoms with Crippen molar-refractivity contribution in [3.05, 3.63) is 34.9 Å². The van der Waals surface area contributed by atoms with Crippen molar-refractivity contribution >= 4 is 17.5 Å². The number of nitrogens with zero attached hydrogens (tertiary/aromatic N) is 1. The molecule has 1 amide bonds. The summed E-state index contributed by atoms with van der Waals surface area (Å²) in [7, 11) is 1.90. The molecule has 2 fully saturated rings. The van der Waals surface area contributed by atoms with Gasteiger partial charge in [-0.15, -0.1) is 0 Å². The van der Waals surface area contributed by atoms with Gasteiger partial charge in [0.15, 0.2) is 0 Å². The van der Waals surface area contributed by atoms with E-state index in [2.05, 4.69) is 0 Å². The molecular formula is C18H25ClN2O. The molecule has 0 aliphatic heterocycles. The first-order valence-electron chi connectivity index (χ1n) is 8.29. The van der Waals surface area contributed by atoms with Crippen LogP contribution in [0.5, 0.6) is 0 Å². The quantitative estimate of drug-likeness (QED) is 0.927. The SMILES string of the molecule is CN(Cc1cccc(Cl)c1)C(=O)C1CC2CCCC(C1)C2N. The van der Waals surface area contributed by atoms with Gasteiger partial charge in [0.1, 0.15) is 0 Å². The zero-order valence-electron chi connectivity index (χ0n) is 13.2. The largest absolute Gasteiger partial charge is 0.341 e. The first-order chi connectivity index (χ1) is 10.5. The molecule has 4 heteroatoms. The molecule has 2 aliphatic carbocycles. The summed E-state index contributed by atoms with van der Waals surface area (Å²) in [5.41, 5.74) is 7.40. The summed E-state index contributed by atoms with van der Waals surface area (Å²) in [4.78, 5) is 14.6. The van der Waals surface area contributed by atoms with Gasteiger partial charge in [0.2, 0.25) is 5.91 Å². The highest BCUT2D eigenvalue weighted by Crippen LogP contribution is 2.42. The van der Waals surface area contributed by atoms with Gasteiger partial charge in [0, 0.05) is 30.6 Å². The standard InChI is InChI=1S/C18H25ClN2O/c1-21(11-12-4-2-7-16(19)8-12)18(22)15-9-13-5-3-6-14(10-15)17(13)20/h2,4,7-8,13-15,17H,3,5-6,9-11,20H2,1H3. The van der Waals surface area contributed by atoms with Crippen LogP contribution in [0.1, 0.15) is 37.7 Å². The Balaban J connectivity index is 1.63. The van der Waals surface area contributed by atoms with Gasteiger partial charge < -0.3 is 10.6 Å². The van der Waals surface area contributed by atoms with Gasteiger partial charge in [-0.1, -0.05) is 30.2 Å². The second kappa shape index (κ2) is 6.59. The summed E-state index contributed by atoms with van der Waals surface area (Å²) in [6.45, 7) is 0.622. The zero-order valence-corrected chi connectivity index (χ0v) is 13.9. The molecule has 1 aromatic rings. The van der Waals surface area contributed by atoms with Crippen LogP contribution in [0, 0.1) is 17.8 Å². The smallest absolute Gasteiger partial charge is 0.225 e. The van der Waals surface area contributed by atoms with Gasteiger partial charge in [-0.3, -0.25) is 4.79 Å². The number of carbonyl (C=O) groups excluding carboxylic acids is 1. The number of carbonyl (C=O) groups is 1. The summed E-state index contributed by atoms with van der Waals surface area (Å²) < 4.78 is 0. The van der Waals surface area contributed by atoms with Crippen LogP contribution in [-0.2, 0) is 11.3 Å². The number of nitrogens with two attached hydrogens (primary N) is 1. The lowest BCUT2D eigenvalue weighted by molar-refractivity contribution is -0.137. The van der Waals surface area contributed by atoms with E-state index < -0.39 is 0 Å². The summed E-state index contributed by atoms with van der Waals surface area (Å²) in [6.07, 6.45) is 5.61. The van der Waals surface area contributed by atoms with Gasteiger partial charge >= 0.3 is 0 Å². The monoisotopic (exact) mass is 320 g/mol. The number of benzene rings is 1. The molecule has 2 unspecified atom stereocenters. The Kier molecular flexibility index (Phi) is 4.74. The molecule has 2 N–H and O–H groups in total. The molecule has 2 saturated carbocycles. The molecule has 2 atom stereocenters. The molecule has 0 heterocycles. The minimum atomic E-state index is 0.152. The third-order valence-corrected chi connectivity index (χ3v) is 5.68. The van der Waals surface area contributed by atoms with Gasteiger partial charge in [0.25, 0.3) is 0 Å². The van der Waals surface area contributed by atoms with Crippen LogP contribution in [0.15, 0.2) is 24.3 Å². The fraction of sp³-hybridized carbons (Fsp3) is 0.611. The van der Waals surface area contributed by atoms with Crippen LogP contribution in [-0.4, -0.2) is 23.9 Å².